The highest BCUT2D eigenvalue weighted by atomic mass is 32.2. The van der Waals surface area contributed by atoms with Crippen molar-refractivity contribution in [2.24, 2.45) is 5.92 Å². The predicted octanol–water partition coefficient (Wildman–Crippen LogP) is 0.448. The van der Waals surface area contributed by atoms with Crippen molar-refractivity contribution in [3.63, 3.8) is 0 Å². The van der Waals surface area contributed by atoms with Crippen LogP contribution in [-0.4, -0.2) is 46.2 Å². The Morgan fingerprint density at radius 2 is 1.43 bits per heavy atom. The Balaban J connectivity index is 1.70. The van der Waals surface area contributed by atoms with Crippen molar-refractivity contribution < 1.29 is 26.7 Å². The molecule has 1 aromatic rings. The van der Waals surface area contributed by atoms with Gasteiger partial charge in [0.15, 0.2) is 0 Å². The number of nitrogens with one attached hydrogen (secondary N) is 1. The van der Waals surface area contributed by atoms with Crippen molar-refractivity contribution in [3.05, 3.63) is 24.3 Å². The maximum absolute atomic E-state index is 12.7. The van der Waals surface area contributed by atoms with Crippen LogP contribution in [0.5, 0.6) is 0 Å². The summed E-state index contributed by atoms with van der Waals surface area (Å²) in [4.78, 5) is 10.9. The fourth-order valence-electron chi connectivity index (χ4n) is 3.78. The van der Waals surface area contributed by atoms with Gasteiger partial charge in [-0.1, -0.05) is 19.3 Å². The number of aliphatic carboxylic acids is 1. The van der Waals surface area contributed by atoms with Crippen molar-refractivity contribution in [1.82, 2.24) is 9.03 Å². The zero-order valence-electron chi connectivity index (χ0n) is 15.5. The second-order valence-corrected chi connectivity index (χ2v) is 11.1. The second kappa shape index (κ2) is 8.48. The van der Waals surface area contributed by atoms with Gasteiger partial charge in [-0.15, -0.1) is 0 Å². The molecule has 0 bridgehead atoms. The molecule has 0 radical (unpaired) electrons. The zero-order chi connectivity index (χ0) is 20.4. The van der Waals surface area contributed by atoms with Crippen LogP contribution in [0.25, 0.3) is 0 Å². The van der Waals surface area contributed by atoms with E-state index in [-0.39, 0.29) is 41.8 Å². The van der Waals surface area contributed by atoms with E-state index in [9.17, 15) is 26.7 Å². The summed E-state index contributed by atoms with van der Waals surface area (Å²) in [6.45, 7) is 0.203. The van der Waals surface area contributed by atoms with Crippen LogP contribution in [0.4, 0.5) is 0 Å². The molecule has 0 amide bonds. The normalized spacial score (nSPS) is 20.9. The van der Waals surface area contributed by atoms with Crippen molar-refractivity contribution >= 4 is 26.0 Å². The Hall–Kier alpha value is -1.49. The standard InChI is InChI=1S/C18H26N2O6S2/c21-18(22)14-10-12-20(13-11-14)28(25,26)17-8-6-16(7-9-17)27(23,24)19-15-4-2-1-3-5-15/h6-9,14-15,19H,1-5,10-13H2,(H,21,22)/p-1. The van der Waals surface area contributed by atoms with E-state index in [2.05, 4.69) is 4.72 Å². The summed E-state index contributed by atoms with van der Waals surface area (Å²) >= 11 is 0. The molecule has 0 atom stereocenters. The van der Waals surface area contributed by atoms with Gasteiger partial charge in [0, 0.05) is 31.0 Å². The van der Waals surface area contributed by atoms with Crippen LogP contribution in [0, 0.1) is 5.92 Å². The Bertz CT molecular complexity index is 898. The minimum absolute atomic E-state index is 0.00369. The molecule has 1 aliphatic heterocycles. The molecule has 1 aromatic carbocycles. The molecule has 3 rings (SSSR count). The first-order valence-corrected chi connectivity index (χ1v) is 12.5. The first-order valence-electron chi connectivity index (χ1n) is 9.53. The zero-order valence-corrected chi connectivity index (χ0v) is 17.2. The quantitative estimate of drug-likeness (QED) is 0.700. The largest absolute Gasteiger partial charge is 0.550 e. The van der Waals surface area contributed by atoms with Gasteiger partial charge in [-0.05, 0) is 49.9 Å². The Morgan fingerprint density at radius 1 is 0.893 bits per heavy atom. The van der Waals surface area contributed by atoms with Crippen LogP contribution in [0.2, 0.25) is 0 Å². The number of carbonyl (C=O) groups is 1. The average molecular weight is 430 g/mol. The van der Waals surface area contributed by atoms with E-state index >= 15 is 0 Å². The van der Waals surface area contributed by atoms with E-state index in [1.54, 1.807) is 0 Å². The number of sulfonamides is 2. The van der Waals surface area contributed by atoms with Crippen LogP contribution >= 0.6 is 0 Å². The number of carbonyl (C=O) groups excluding carboxylic acids is 1. The molecule has 10 heteroatoms. The minimum Gasteiger partial charge on any atom is -0.550 e. The third-order valence-corrected chi connectivity index (χ3v) is 8.94. The van der Waals surface area contributed by atoms with Crippen molar-refractivity contribution in [1.29, 1.82) is 0 Å². The predicted molar refractivity (Wildman–Crippen MR) is 100 cm³/mol. The lowest BCUT2D eigenvalue weighted by atomic mass is 9.96. The number of benzene rings is 1. The first kappa shape index (κ1) is 21.2. The van der Waals surface area contributed by atoms with E-state index in [1.165, 1.54) is 28.6 Å². The van der Waals surface area contributed by atoms with E-state index in [0.29, 0.717) is 0 Å². The molecule has 0 spiro atoms. The van der Waals surface area contributed by atoms with E-state index < -0.39 is 31.9 Å². The number of hydrogen-bond donors (Lipinski definition) is 1. The summed E-state index contributed by atoms with van der Waals surface area (Å²) in [6, 6.07) is 5.09. The highest BCUT2D eigenvalue weighted by Crippen LogP contribution is 2.25. The number of piperidine rings is 1. The lowest BCUT2D eigenvalue weighted by Gasteiger charge is -2.31. The number of rotatable bonds is 6. The maximum atomic E-state index is 12.7. The van der Waals surface area contributed by atoms with Gasteiger partial charge in [0.25, 0.3) is 0 Å². The van der Waals surface area contributed by atoms with Gasteiger partial charge in [0.05, 0.1) is 9.79 Å². The maximum Gasteiger partial charge on any atom is 0.243 e. The third-order valence-electron chi connectivity index (χ3n) is 5.49. The monoisotopic (exact) mass is 429 g/mol. The molecule has 0 aromatic heterocycles. The molecule has 2 fully saturated rings. The summed E-state index contributed by atoms with van der Waals surface area (Å²) in [5.41, 5.74) is 0. The van der Waals surface area contributed by atoms with Gasteiger partial charge in [-0.2, -0.15) is 4.31 Å². The van der Waals surface area contributed by atoms with Gasteiger partial charge in [0.2, 0.25) is 20.0 Å². The van der Waals surface area contributed by atoms with Crippen molar-refractivity contribution in [2.75, 3.05) is 13.1 Å². The van der Waals surface area contributed by atoms with Gasteiger partial charge < -0.3 is 9.90 Å². The van der Waals surface area contributed by atoms with Crippen LogP contribution in [0.1, 0.15) is 44.9 Å². The minimum atomic E-state index is -3.80. The molecule has 28 heavy (non-hydrogen) atoms. The van der Waals surface area contributed by atoms with Crippen molar-refractivity contribution in [2.45, 2.75) is 60.8 Å². The average Bonchev–Trinajstić information content (AvgIpc) is 2.68. The fraction of sp³-hybridized carbons (Fsp3) is 0.611. The van der Waals surface area contributed by atoms with Gasteiger partial charge in [-0.3, -0.25) is 0 Å². The lowest BCUT2D eigenvalue weighted by Crippen LogP contribution is -2.43. The highest BCUT2D eigenvalue weighted by molar-refractivity contribution is 7.89. The Labute approximate surface area is 166 Å². The third kappa shape index (κ3) is 4.73. The summed E-state index contributed by atoms with van der Waals surface area (Å²) in [7, 11) is -7.49. The van der Waals surface area contributed by atoms with Crippen LogP contribution in [0.15, 0.2) is 34.1 Å². The van der Waals surface area contributed by atoms with E-state index in [0.717, 1.165) is 32.1 Å². The second-order valence-electron chi connectivity index (χ2n) is 7.43. The fourth-order valence-corrected chi connectivity index (χ4v) is 6.55. The molecular weight excluding hydrogens is 404 g/mol. The molecule has 8 nitrogen and oxygen atoms in total. The molecule has 1 saturated heterocycles. The lowest BCUT2D eigenvalue weighted by molar-refractivity contribution is -0.312. The van der Waals surface area contributed by atoms with Crippen LogP contribution in [0.3, 0.4) is 0 Å². The molecule has 1 heterocycles. The number of hydrogen-bond acceptors (Lipinski definition) is 6. The highest BCUT2D eigenvalue weighted by Gasteiger charge is 2.30. The number of nitrogens with zero attached hydrogens (tertiary/aromatic N) is 1. The van der Waals surface area contributed by atoms with Gasteiger partial charge >= 0.3 is 0 Å². The summed E-state index contributed by atoms with van der Waals surface area (Å²) < 4.78 is 54.5. The number of carboxylic acid groups (broad SMARTS) is 1. The molecule has 156 valence electrons. The summed E-state index contributed by atoms with van der Waals surface area (Å²) in [5.74, 6) is -1.79. The Kier molecular flexibility index (Phi) is 6.43. The van der Waals surface area contributed by atoms with Crippen LogP contribution < -0.4 is 9.83 Å². The molecule has 0 unspecified atom stereocenters. The van der Waals surface area contributed by atoms with E-state index in [1.807, 2.05) is 0 Å². The van der Waals surface area contributed by atoms with Crippen molar-refractivity contribution in [3.8, 4) is 0 Å². The molecule has 2 aliphatic rings. The van der Waals surface area contributed by atoms with Gasteiger partial charge in [0.1, 0.15) is 0 Å². The SMILES string of the molecule is O=C([O-])C1CCN(S(=O)(=O)c2ccc(S(=O)(=O)NC3CCCCC3)cc2)CC1. The molecular formula is C18H25N2O6S2-. The first-order chi connectivity index (χ1) is 13.2. The molecule has 1 saturated carbocycles. The number of carboxylic acids is 1. The molecule has 1 aliphatic carbocycles. The van der Waals surface area contributed by atoms with Gasteiger partial charge in [-0.25, -0.2) is 21.6 Å². The topological polar surface area (TPSA) is 124 Å². The van der Waals surface area contributed by atoms with E-state index in [4.69, 9.17) is 0 Å². The summed E-state index contributed by atoms with van der Waals surface area (Å²) in [5, 5.41) is 10.9. The molecule has 1 N–H and O–H groups in total. The smallest absolute Gasteiger partial charge is 0.243 e. The van der Waals surface area contributed by atoms with Crippen LogP contribution in [-0.2, 0) is 24.8 Å². The summed E-state index contributed by atoms with van der Waals surface area (Å²) in [6.07, 6.45) is 5.16. The Morgan fingerprint density at radius 3 is 1.96 bits per heavy atom.